The van der Waals surface area contributed by atoms with Crippen molar-refractivity contribution in [3.8, 4) is 5.75 Å². The van der Waals surface area contributed by atoms with Crippen LogP contribution in [0.4, 0.5) is 5.69 Å². The van der Waals surface area contributed by atoms with Crippen LogP contribution in [0.25, 0.3) is 0 Å². The Morgan fingerprint density at radius 3 is 2.67 bits per heavy atom. The second-order valence-electron chi connectivity index (χ2n) is 4.91. The standard InChI is InChI=1S/C17H21ClN2O/c1-2-3-4-11-21-15-7-5-14(6-8-15)12-20-17-13-19-10-9-16(17)18/h5-10,13,20H,2-4,11-12H2,1H3. The minimum absolute atomic E-state index is 0.681. The van der Waals surface area contributed by atoms with Gasteiger partial charge in [0.25, 0.3) is 0 Å². The molecule has 2 rings (SSSR count). The minimum atomic E-state index is 0.681. The quantitative estimate of drug-likeness (QED) is 0.703. The first-order chi connectivity index (χ1) is 10.3. The van der Waals surface area contributed by atoms with E-state index in [0.717, 1.165) is 24.5 Å². The van der Waals surface area contributed by atoms with Crippen molar-refractivity contribution in [2.75, 3.05) is 11.9 Å². The van der Waals surface area contributed by atoms with Crippen molar-refractivity contribution in [1.82, 2.24) is 4.98 Å². The molecule has 0 radical (unpaired) electrons. The number of rotatable bonds is 8. The minimum Gasteiger partial charge on any atom is -0.494 e. The van der Waals surface area contributed by atoms with Crippen LogP contribution >= 0.6 is 11.6 Å². The summed E-state index contributed by atoms with van der Waals surface area (Å²) in [5, 5.41) is 3.95. The molecule has 1 N–H and O–H groups in total. The van der Waals surface area contributed by atoms with Crippen LogP contribution in [0.3, 0.4) is 0 Å². The highest BCUT2D eigenvalue weighted by atomic mass is 35.5. The number of unbranched alkanes of at least 4 members (excludes halogenated alkanes) is 2. The van der Waals surface area contributed by atoms with Crippen molar-refractivity contribution < 1.29 is 4.74 Å². The van der Waals surface area contributed by atoms with Crippen LogP contribution in [-0.4, -0.2) is 11.6 Å². The molecule has 1 aromatic heterocycles. The van der Waals surface area contributed by atoms with Crippen molar-refractivity contribution in [2.24, 2.45) is 0 Å². The van der Waals surface area contributed by atoms with Gasteiger partial charge < -0.3 is 10.1 Å². The van der Waals surface area contributed by atoms with Gasteiger partial charge in [0, 0.05) is 12.7 Å². The molecule has 0 aliphatic rings. The molecule has 0 unspecified atom stereocenters. The Labute approximate surface area is 131 Å². The van der Waals surface area contributed by atoms with Gasteiger partial charge in [-0.1, -0.05) is 43.5 Å². The van der Waals surface area contributed by atoms with E-state index in [0.29, 0.717) is 11.6 Å². The maximum atomic E-state index is 6.08. The van der Waals surface area contributed by atoms with Crippen molar-refractivity contribution in [3.05, 3.63) is 53.3 Å². The molecule has 0 atom stereocenters. The maximum absolute atomic E-state index is 6.08. The largest absolute Gasteiger partial charge is 0.494 e. The second kappa shape index (κ2) is 8.53. The van der Waals surface area contributed by atoms with Gasteiger partial charge in [0.15, 0.2) is 0 Å². The molecule has 3 nitrogen and oxygen atoms in total. The summed E-state index contributed by atoms with van der Waals surface area (Å²) in [6, 6.07) is 9.91. The molecular weight excluding hydrogens is 284 g/mol. The number of ether oxygens (including phenoxy) is 1. The number of pyridine rings is 1. The Morgan fingerprint density at radius 1 is 1.14 bits per heavy atom. The van der Waals surface area contributed by atoms with E-state index in [1.807, 2.05) is 12.1 Å². The summed E-state index contributed by atoms with van der Waals surface area (Å²) in [5.74, 6) is 0.925. The number of nitrogens with zero attached hydrogens (tertiary/aromatic N) is 1. The SMILES string of the molecule is CCCCCOc1ccc(CNc2cnccc2Cl)cc1. The predicted molar refractivity (Wildman–Crippen MR) is 88.0 cm³/mol. The molecule has 0 fully saturated rings. The molecule has 0 aliphatic heterocycles. The predicted octanol–water partition coefficient (Wildman–Crippen LogP) is 4.92. The lowest BCUT2D eigenvalue weighted by Crippen LogP contribution is -2.01. The summed E-state index contributed by atoms with van der Waals surface area (Å²) in [6.07, 6.45) is 6.95. The Hall–Kier alpha value is -1.74. The highest BCUT2D eigenvalue weighted by Crippen LogP contribution is 2.20. The average molecular weight is 305 g/mol. The van der Waals surface area contributed by atoms with E-state index >= 15 is 0 Å². The normalized spacial score (nSPS) is 10.4. The molecule has 0 bridgehead atoms. The lowest BCUT2D eigenvalue weighted by molar-refractivity contribution is 0.306. The number of hydrogen-bond donors (Lipinski definition) is 1. The Kier molecular flexibility index (Phi) is 6.35. The molecule has 2 aromatic rings. The Balaban J connectivity index is 1.81. The van der Waals surface area contributed by atoms with Crippen LogP contribution in [0.2, 0.25) is 5.02 Å². The van der Waals surface area contributed by atoms with Gasteiger partial charge in [0.05, 0.1) is 23.5 Å². The van der Waals surface area contributed by atoms with Crippen LogP contribution in [0.15, 0.2) is 42.7 Å². The molecule has 4 heteroatoms. The van der Waals surface area contributed by atoms with E-state index in [9.17, 15) is 0 Å². The van der Waals surface area contributed by atoms with Crippen LogP contribution in [0.5, 0.6) is 5.75 Å². The van der Waals surface area contributed by atoms with E-state index in [4.69, 9.17) is 16.3 Å². The molecule has 21 heavy (non-hydrogen) atoms. The van der Waals surface area contributed by atoms with Crippen molar-refractivity contribution in [2.45, 2.75) is 32.7 Å². The van der Waals surface area contributed by atoms with Crippen molar-refractivity contribution in [1.29, 1.82) is 0 Å². The molecule has 1 heterocycles. The fraction of sp³-hybridized carbons (Fsp3) is 0.353. The molecular formula is C17H21ClN2O. The molecule has 0 saturated carbocycles. The summed E-state index contributed by atoms with van der Waals surface area (Å²) in [5.41, 5.74) is 2.02. The average Bonchev–Trinajstić information content (AvgIpc) is 2.52. The topological polar surface area (TPSA) is 34.1 Å². The third kappa shape index (κ3) is 5.27. The molecule has 0 saturated heterocycles. The van der Waals surface area contributed by atoms with Crippen LogP contribution < -0.4 is 10.1 Å². The zero-order valence-corrected chi connectivity index (χ0v) is 13.1. The third-order valence-corrected chi connectivity index (χ3v) is 3.52. The van der Waals surface area contributed by atoms with Gasteiger partial charge in [-0.2, -0.15) is 0 Å². The summed E-state index contributed by atoms with van der Waals surface area (Å²) in [6.45, 7) is 3.69. The van der Waals surface area contributed by atoms with E-state index in [-0.39, 0.29) is 0 Å². The fourth-order valence-corrected chi connectivity index (χ4v) is 2.12. The fourth-order valence-electron chi connectivity index (χ4n) is 1.95. The Bertz CT molecular complexity index is 543. The van der Waals surface area contributed by atoms with E-state index in [1.54, 1.807) is 18.5 Å². The van der Waals surface area contributed by atoms with E-state index in [1.165, 1.54) is 18.4 Å². The van der Waals surface area contributed by atoms with Crippen LogP contribution in [-0.2, 0) is 6.54 Å². The Morgan fingerprint density at radius 2 is 1.95 bits per heavy atom. The zero-order valence-electron chi connectivity index (χ0n) is 12.3. The van der Waals surface area contributed by atoms with Crippen molar-refractivity contribution in [3.63, 3.8) is 0 Å². The van der Waals surface area contributed by atoms with E-state index in [2.05, 4.69) is 29.4 Å². The van der Waals surface area contributed by atoms with Gasteiger partial charge in [-0.15, -0.1) is 0 Å². The van der Waals surface area contributed by atoms with Gasteiger partial charge in [0.2, 0.25) is 0 Å². The van der Waals surface area contributed by atoms with Crippen molar-refractivity contribution >= 4 is 17.3 Å². The lowest BCUT2D eigenvalue weighted by atomic mass is 10.2. The maximum Gasteiger partial charge on any atom is 0.119 e. The van der Waals surface area contributed by atoms with Crippen LogP contribution in [0.1, 0.15) is 31.7 Å². The number of anilines is 1. The summed E-state index contributed by atoms with van der Waals surface area (Å²) < 4.78 is 5.69. The highest BCUT2D eigenvalue weighted by Gasteiger charge is 2.00. The first-order valence-corrected chi connectivity index (χ1v) is 7.72. The molecule has 1 aromatic carbocycles. The number of hydrogen-bond acceptors (Lipinski definition) is 3. The van der Waals surface area contributed by atoms with Gasteiger partial charge in [-0.3, -0.25) is 4.98 Å². The monoisotopic (exact) mass is 304 g/mol. The van der Waals surface area contributed by atoms with Gasteiger partial charge in [-0.25, -0.2) is 0 Å². The first-order valence-electron chi connectivity index (χ1n) is 7.34. The third-order valence-electron chi connectivity index (χ3n) is 3.19. The van der Waals surface area contributed by atoms with E-state index < -0.39 is 0 Å². The molecule has 0 aliphatic carbocycles. The smallest absolute Gasteiger partial charge is 0.119 e. The summed E-state index contributed by atoms with van der Waals surface area (Å²) in [7, 11) is 0. The molecule has 0 amide bonds. The first kappa shape index (κ1) is 15.6. The summed E-state index contributed by atoms with van der Waals surface area (Å²) >= 11 is 6.08. The molecule has 112 valence electrons. The summed E-state index contributed by atoms with van der Waals surface area (Å²) in [4.78, 5) is 4.05. The highest BCUT2D eigenvalue weighted by molar-refractivity contribution is 6.33. The molecule has 0 spiro atoms. The van der Waals surface area contributed by atoms with Gasteiger partial charge >= 0.3 is 0 Å². The van der Waals surface area contributed by atoms with Gasteiger partial charge in [-0.05, 0) is 30.2 Å². The van der Waals surface area contributed by atoms with Crippen LogP contribution in [0, 0.1) is 0 Å². The number of halogens is 1. The zero-order chi connectivity index (χ0) is 14.9. The number of benzene rings is 1. The number of nitrogens with one attached hydrogen (secondary N) is 1. The van der Waals surface area contributed by atoms with Gasteiger partial charge in [0.1, 0.15) is 5.75 Å². The lowest BCUT2D eigenvalue weighted by Gasteiger charge is -2.09. The second-order valence-corrected chi connectivity index (χ2v) is 5.32. The number of aromatic nitrogens is 1.